The van der Waals surface area contributed by atoms with Gasteiger partial charge in [-0.3, -0.25) is 0 Å². The number of ether oxygens (including phenoxy) is 4. The molecule has 0 spiro atoms. The second kappa shape index (κ2) is 11.9. The summed E-state index contributed by atoms with van der Waals surface area (Å²) in [6.07, 6.45) is 0.660. The first-order valence-corrected chi connectivity index (χ1v) is 11.0. The number of amides is 2. The molecule has 0 saturated heterocycles. The zero-order valence-corrected chi connectivity index (χ0v) is 19.9. The number of hydrogen-bond acceptors (Lipinski definition) is 7. The molecule has 1 aliphatic rings. The molecule has 3 rings (SSSR count). The third kappa shape index (κ3) is 5.79. The highest BCUT2D eigenvalue weighted by Crippen LogP contribution is 2.38. The molecule has 1 aliphatic heterocycles. The van der Waals surface area contributed by atoms with Crippen molar-refractivity contribution in [3.63, 3.8) is 0 Å². The van der Waals surface area contributed by atoms with Gasteiger partial charge in [0, 0.05) is 12.2 Å². The first kappa shape index (κ1) is 24.9. The fraction of sp³-hybridized carbons (Fsp3) is 0.360. The minimum Gasteiger partial charge on any atom is -0.493 e. The molecule has 182 valence electrons. The van der Waals surface area contributed by atoms with E-state index < -0.39 is 12.0 Å². The standard InChI is InChI=1S/C25H31N3O6/c1-5-34-24(29)21-18(27-25(30)28-22(21)17-9-7-6-8-10-17)15-26-12-11-16-13-19(31-2)23(33-4)20(14-16)32-3/h6-10,13-14,22,26H,5,11-12,15H2,1-4H3,(H2,27,28,30)/t22-/m1/s1. The lowest BCUT2D eigenvalue weighted by Gasteiger charge is -2.29. The summed E-state index contributed by atoms with van der Waals surface area (Å²) in [7, 11) is 4.71. The highest BCUT2D eigenvalue weighted by atomic mass is 16.5. The lowest BCUT2D eigenvalue weighted by Crippen LogP contribution is -2.48. The van der Waals surface area contributed by atoms with Gasteiger partial charge in [0.2, 0.25) is 5.75 Å². The van der Waals surface area contributed by atoms with E-state index in [4.69, 9.17) is 18.9 Å². The second-order valence-corrected chi connectivity index (χ2v) is 7.52. The molecule has 0 radical (unpaired) electrons. The van der Waals surface area contributed by atoms with Crippen LogP contribution < -0.4 is 30.2 Å². The Balaban J connectivity index is 1.77. The van der Waals surface area contributed by atoms with E-state index in [9.17, 15) is 9.59 Å². The maximum Gasteiger partial charge on any atom is 0.338 e. The fourth-order valence-electron chi connectivity index (χ4n) is 3.83. The van der Waals surface area contributed by atoms with Gasteiger partial charge < -0.3 is 34.9 Å². The average Bonchev–Trinajstić information content (AvgIpc) is 2.86. The van der Waals surface area contributed by atoms with Gasteiger partial charge in [-0.25, -0.2) is 9.59 Å². The maximum atomic E-state index is 12.8. The van der Waals surface area contributed by atoms with Crippen LogP contribution in [-0.2, 0) is 16.0 Å². The topological polar surface area (TPSA) is 107 Å². The summed E-state index contributed by atoms with van der Waals surface area (Å²) in [4.78, 5) is 25.2. The highest BCUT2D eigenvalue weighted by molar-refractivity contribution is 5.95. The van der Waals surface area contributed by atoms with Crippen LogP contribution in [0.25, 0.3) is 0 Å². The van der Waals surface area contributed by atoms with Crippen molar-refractivity contribution in [2.24, 2.45) is 0 Å². The Morgan fingerprint density at radius 3 is 2.29 bits per heavy atom. The van der Waals surface area contributed by atoms with Crippen LogP contribution in [0.1, 0.15) is 24.1 Å². The van der Waals surface area contributed by atoms with E-state index >= 15 is 0 Å². The summed E-state index contributed by atoms with van der Waals surface area (Å²) in [6.45, 7) is 2.85. The van der Waals surface area contributed by atoms with E-state index in [0.29, 0.717) is 41.5 Å². The zero-order valence-electron chi connectivity index (χ0n) is 19.9. The molecule has 0 aromatic heterocycles. The summed E-state index contributed by atoms with van der Waals surface area (Å²) < 4.78 is 21.5. The lowest BCUT2D eigenvalue weighted by atomic mass is 9.95. The number of urea groups is 1. The van der Waals surface area contributed by atoms with Crippen molar-refractivity contribution in [2.45, 2.75) is 19.4 Å². The van der Waals surface area contributed by atoms with Crippen molar-refractivity contribution < 1.29 is 28.5 Å². The van der Waals surface area contributed by atoms with E-state index in [1.165, 1.54) is 0 Å². The molecule has 34 heavy (non-hydrogen) atoms. The molecule has 9 heteroatoms. The predicted molar refractivity (Wildman–Crippen MR) is 127 cm³/mol. The van der Waals surface area contributed by atoms with Gasteiger partial charge in [-0.2, -0.15) is 0 Å². The largest absolute Gasteiger partial charge is 0.493 e. The third-order valence-corrected chi connectivity index (χ3v) is 5.40. The number of carbonyl (C=O) groups is 2. The molecule has 1 atom stereocenters. The van der Waals surface area contributed by atoms with Crippen LogP contribution in [0.5, 0.6) is 17.2 Å². The van der Waals surface area contributed by atoms with Crippen LogP contribution in [0.3, 0.4) is 0 Å². The lowest BCUT2D eigenvalue weighted by molar-refractivity contribution is -0.139. The molecular formula is C25H31N3O6. The quantitative estimate of drug-likeness (QED) is 0.343. The molecule has 2 amide bonds. The molecule has 2 aromatic carbocycles. The molecular weight excluding hydrogens is 438 g/mol. The van der Waals surface area contributed by atoms with Crippen molar-refractivity contribution in [3.8, 4) is 17.2 Å². The number of hydrogen-bond donors (Lipinski definition) is 3. The van der Waals surface area contributed by atoms with Gasteiger partial charge in [-0.05, 0) is 43.1 Å². The number of rotatable bonds is 11. The highest BCUT2D eigenvalue weighted by Gasteiger charge is 2.33. The van der Waals surface area contributed by atoms with Crippen LogP contribution in [0, 0.1) is 0 Å². The minimum atomic E-state index is -0.596. The first-order valence-electron chi connectivity index (χ1n) is 11.0. The Morgan fingerprint density at radius 2 is 1.71 bits per heavy atom. The van der Waals surface area contributed by atoms with E-state index in [0.717, 1.165) is 11.1 Å². The van der Waals surface area contributed by atoms with Crippen molar-refractivity contribution in [1.29, 1.82) is 0 Å². The summed E-state index contributed by atoms with van der Waals surface area (Å²) in [5.74, 6) is 1.24. The second-order valence-electron chi connectivity index (χ2n) is 7.52. The molecule has 0 saturated carbocycles. The van der Waals surface area contributed by atoms with Gasteiger partial charge in [0.25, 0.3) is 0 Å². The van der Waals surface area contributed by atoms with Crippen LogP contribution >= 0.6 is 0 Å². The van der Waals surface area contributed by atoms with Gasteiger partial charge in [-0.15, -0.1) is 0 Å². The average molecular weight is 470 g/mol. The normalized spacial score (nSPS) is 15.3. The van der Waals surface area contributed by atoms with Crippen LogP contribution in [0.15, 0.2) is 53.7 Å². The molecule has 0 unspecified atom stereocenters. The third-order valence-electron chi connectivity index (χ3n) is 5.40. The van der Waals surface area contributed by atoms with Crippen LogP contribution in [0.4, 0.5) is 4.79 Å². The van der Waals surface area contributed by atoms with Crippen LogP contribution in [-0.4, -0.2) is 53.0 Å². The zero-order chi connectivity index (χ0) is 24.5. The molecule has 2 aromatic rings. The smallest absolute Gasteiger partial charge is 0.338 e. The monoisotopic (exact) mass is 469 g/mol. The van der Waals surface area contributed by atoms with Gasteiger partial charge in [-0.1, -0.05) is 30.3 Å². The first-order chi connectivity index (χ1) is 16.5. The van der Waals surface area contributed by atoms with Gasteiger partial charge in [0.15, 0.2) is 11.5 Å². The Kier molecular flexibility index (Phi) is 8.75. The fourth-order valence-corrected chi connectivity index (χ4v) is 3.83. The number of esters is 1. The SMILES string of the molecule is CCOC(=O)C1=C(CNCCc2cc(OC)c(OC)c(OC)c2)NC(=O)N[C@@H]1c1ccccc1. The van der Waals surface area contributed by atoms with E-state index in [-0.39, 0.29) is 19.2 Å². The van der Waals surface area contributed by atoms with Crippen molar-refractivity contribution in [1.82, 2.24) is 16.0 Å². The van der Waals surface area contributed by atoms with Crippen molar-refractivity contribution in [2.75, 3.05) is 41.0 Å². The van der Waals surface area contributed by atoms with Gasteiger partial charge >= 0.3 is 12.0 Å². The number of benzene rings is 2. The van der Waals surface area contributed by atoms with Crippen molar-refractivity contribution >= 4 is 12.0 Å². The van der Waals surface area contributed by atoms with Gasteiger partial charge in [0.1, 0.15) is 0 Å². The summed E-state index contributed by atoms with van der Waals surface area (Å²) >= 11 is 0. The summed E-state index contributed by atoms with van der Waals surface area (Å²) in [5, 5.41) is 8.90. The Labute approximate surface area is 199 Å². The number of carbonyl (C=O) groups excluding carboxylic acids is 2. The molecule has 0 fully saturated rings. The van der Waals surface area contributed by atoms with Crippen LogP contribution in [0.2, 0.25) is 0 Å². The maximum absolute atomic E-state index is 12.8. The molecule has 0 aliphatic carbocycles. The van der Waals surface area contributed by atoms with E-state index in [1.54, 1.807) is 28.3 Å². The molecule has 1 heterocycles. The minimum absolute atomic E-state index is 0.236. The Hall–Kier alpha value is -3.72. The number of methoxy groups -OCH3 is 3. The molecule has 9 nitrogen and oxygen atoms in total. The van der Waals surface area contributed by atoms with E-state index in [2.05, 4.69) is 16.0 Å². The summed E-state index contributed by atoms with van der Waals surface area (Å²) in [5.41, 5.74) is 2.65. The summed E-state index contributed by atoms with van der Waals surface area (Å²) in [6, 6.07) is 12.2. The van der Waals surface area contributed by atoms with Gasteiger partial charge in [0.05, 0.1) is 39.6 Å². The molecule has 0 bridgehead atoms. The molecule has 3 N–H and O–H groups in total. The number of nitrogens with one attached hydrogen (secondary N) is 3. The Bertz CT molecular complexity index is 1010. The predicted octanol–water partition coefficient (Wildman–Crippen LogP) is 2.72. The Morgan fingerprint density at radius 1 is 1.03 bits per heavy atom. The van der Waals surface area contributed by atoms with E-state index in [1.807, 2.05) is 42.5 Å². The van der Waals surface area contributed by atoms with Crippen molar-refractivity contribution in [3.05, 3.63) is 64.9 Å².